The third kappa shape index (κ3) is 9.78. The Morgan fingerprint density at radius 2 is 1.40 bits per heavy atom. The number of sulfonamides is 1. The number of halogens is 1. The molecule has 11 nitrogen and oxygen atoms in total. The summed E-state index contributed by atoms with van der Waals surface area (Å²) in [6.07, 6.45) is 3.65. The van der Waals surface area contributed by atoms with Crippen molar-refractivity contribution >= 4 is 61.1 Å². The van der Waals surface area contributed by atoms with Gasteiger partial charge in [0.25, 0.3) is 11.8 Å². The van der Waals surface area contributed by atoms with E-state index < -0.39 is 21.8 Å². The molecule has 1 aliphatic carbocycles. The Morgan fingerprint density at radius 3 is 2.00 bits per heavy atom. The van der Waals surface area contributed by atoms with E-state index in [4.69, 9.17) is 9.47 Å². The second-order valence-corrected chi connectivity index (χ2v) is 15.6. The smallest absolute Gasteiger partial charge is 0.337 e. The molecule has 1 fully saturated rings. The van der Waals surface area contributed by atoms with Crippen LogP contribution in [0.1, 0.15) is 74.8 Å². The Balaban J connectivity index is 1.23. The SMILES string of the molecule is CCN([C@H]1CC[C@H](C(=O)OC)CC1)S(=O)(=O)c1cccc(C(=O)Nc2ccc(Br)cc2C(=O)Nc2ccc(CCc3ccc(C(=O)OC)cc3)cc2)c1. The molecule has 1 aliphatic rings. The number of ether oxygens (including phenoxy) is 2. The van der Waals surface area contributed by atoms with E-state index in [2.05, 4.69) is 26.6 Å². The van der Waals surface area contributed by atoms with Gasteiger partial charge in [-0.25, -0.2) is 13.2 Å². The first-order chi connectivity index (χ1) is 25.4. The van der Waals surface area contributed by atoms with Gasteiger partial charge in [0.2, 0.25) is 10.0 Å². The molecule has 4 aromatic rings. The van der Waals surface area contributed by atoms with E-state index in [9.17, 15) is 27.6 Å². The summed E-state index contributed by atoms with van der Waals surface area (Å²) in [7, 11) is -1.26. The monoisotopic (exact) mass is 803 g/mol. The van der Waals surface area contributed by atoms with E-state index in [1.54, 1.807) is 49.4 Å². The standard InChI is InChI=1S/C40H42BrN3O8S/c1-4-44(33-21-16-29(17-22-33)40(48)52-3)53(49,50)34-7-5-6-30(24-34)37(45)43-36-23-18-31(41)25-35(36)38(46)42-32-19-12-27(13-20-32)9-8-26-10-14-28(15-11-26)39(47)51-2/h5-7,10-15,18-20,23-25,29,33H,4,8-9,16-17,21-22H2,1-3H3,(H,42,46)(H,43,45)/t29-,33-. The maximum absolute atomic E-state index is 13.8. The molecule has 0 unspecified atom stereocenters. The van der Waals surface area contributed by atoms with Crippen molar-refractivity contribution in [1.29, 1.82) is 0 Å². The largest absolute Gasteiger partial charge is 0.469 e. The van der Waals surface area contributed by atoms with Crippen molar-refractivity contribution in [3.8, 4) is 0 Å². The number of hydrogen-bond acceptors (Lipinski definition) is 8. The van der Waals surface area contributed by atoms with Crippen LogP contribution >= 0.6 is 15.9 Å². The van der Waals surface area contributed by atoms with Gasteiger partial charge in [0.1, 0.15) is 0 Å². The summed E-state index contributed by atoms with van der Waals surface area (Å²) in [6.45, 7) is 2.01. The zero-order valence-electron chi connectivity index (χ0n) is 29.8. The fourth-order valence-corrected chi connectivity index (χ4v) is 8.60. The highest BCUT2D eigenvalue weighted by Gasteiger charge is 2.35. The maximum Gasteiger partial charge on any atom is 0.337 e. The topological polar surface area (TPSA) is 148 Å². The van der Waals surface area contributed by atoms with Crippen LogP contribution < -0.4 is 10.6 Å². The number of hydrogen-bond donors (Lipinski definition) is 2. The number of nitrogens with one attached hydrogen (secondary N) is 2. The van der Waals surface area contributed by atoms with Gasteiger partial charge in [-0.15, -0.1) is 0 Å². The normalized spacial score (nSPS) is 15.7. The highest BCUT2D eigenvalue weighted by Crippen LogP contribution is 2.32. The molecule has 278 valence electrons. The Bertz CT molecular complexity index is 2060. The minimum atomic E-state index is -3.96. The van der Waals surface area contributed by atoms with Crippen molar-refractivity contribution in [2.45, 2.75) is 56.4 Å². The third-order valence-electron chi connectivity index (χ3n) is 9.42. The summed E-state index contributed by atoms with van der Waals surface area (Å²) in [5.74, 6) is -1.92. The van der Waals surface area contributed by atoms with E-state index in [0.717, 1.165) is 24.0 Å². The highest BCUT2D eigenvalue weighted by atomic mass is 79.9. The summed E-state index contributed by atoms with van der Waals surface area (Å²) in [6, 6.07) is 25.2. The number of esters is 2. The molecule has 0 radical (unpaired) electrons. The lowest BCUT2D eigenvalue weighted by Crippen LogP contribution is -2.43. The van der Waals surface area contributed by atoms with Crippen molar-refractivity contribution in [2.24, 2.45) is 5.92 Å². The number of anilines is 2. The number of carbonyl (C=O) groups excluding carboxylic acids is 4. The Morgan fingerprint density at radius 1 is 0.755 bits per heavy atom. The number of carbonyl (C=O) groups is 4. The van der Waals surface area contributed by atoms with Crippen molar-refractivity contribution in [2.75, 3.05) is 31.4 Å². The molecule has 1 saturated carbocycles. The summed E-state index contributed by atoms with van der Waals surface area (Å²) in [5, 5.41) is 5.67. The summed E-state index contributed by atoms with van der Waals surface area (Å²) < 4.78 is 39.3. The fourth-order valence-electron chi connectivity index (χ4n) is 6.50. The predicted molar refractivity (Wildman–Crippen MR) is 205 cm³/mol. The molecule has 0 aromatic heterocycles. The minimum Gasteiger partial charge on any atom is -0.469 e. The number of rotatable bonds is 13. The van der Waals surface area contributed by atoms with Gasteiger partial charge in [-0.05, 0) is 110 Å². The lowest BCUT2D eigenvalue weighted by molar-refractivity contribution is -0.146. The molecule has 0 saturated heterocycles. The number of benzene rings is 4. The van der Waals surface area contributed by atoms with E-state index in [1.807, 2.05) is 24.3 Å². The van der Waals surface area contributed by atoms with Gasteiger partial charge < -0.3 is 20.1 Å². The van der Waals surface area contributed by atoms with Gasteiger partial charge in [-0.1, -0.05) is 53.2 Å². The lowest BCUT2D eigenvalue weighted by atomic mass is 9.86. The second-order valence-electron chi connectivity index (χ2n) is 12.7. The summed E-state index contributed by atoms with van der Waals surface area (Å²) in [5.41, 5.74) is 3.76. The van der Waals surface area contributed by atoms with Crippen LogP contribution in [0, 0.1) is 5.92 Å². The average molecular weight is 805 g/mol. The molecular weight excluding hydrogens is 762 g/mol. The average Bonchev–Trinajstić information content (AvgIpc) is 3.18. The zero-order valence-corrected chi connectivity index (χ0v) is 32.2. The van der Waals surface area contributed by atoms with Crippen molar-refractivity contribution in [3.63, 3.8) is 0 Å². The summed E-state index contributed by atoms with van der Waals surface area (Å²) in [4.78, 5) is 50.7. The first-order valence-corrected chi connectivity index (χ1v) is 19.5. The second kappa shape index (κ2) is 17.8. The molecular formula is C40H42BrN3O8S. The van der Waals surface area contributed by atoms with Crippen molar-refractivity contribution in [3.05, 3.63) is 123 Å². The van der Waals surface area contributed by atoms with Gasteiger partial charge in [0.05, 0.1) is 41.8 Å². The van der Waals surface area contributed by atoms with E-state index in [1.165, 1.54) is 42.8 Å². The molecule has 0 atom stereocenters. The Hall–Kier alpha value is -4.85. The number of nitrogens with zero attached hydrogens (tertiary/aromatic N) is 1. The Labute approximate surface area is 318 Å². The van der Waals surface area contributed by atoms with Crippen LogP contribution in [-0.2, 0) is 37.1 Å². The molecule has 13 heteroatoms. The molecule has 2 N–H and O–H groups in total. The number of amides is 2. The van der Waals surface area contributed by atoms with Gasteiger partial charge in [0.15, 0.2) is 0 Å². The van der Waals surface area contributed by atoms with Crippen molar-refractivity contribution < 1.29 is 37.1 Å². The van der Waals surface area contributed by atoms with Crippen LogP contribution in [0.4, 0.5) is 11.4 Å². The van der Waals surface area contributed by atoms with Crippen LogP contribution in [0.25, 0.3) is 0 Å². The number of aryl methyl sites for hydroxylation is 2. The fraction of sp³-hybridized carbons (Fsp3) is 0.300. The van der Waals surface area contributed by atoms with Gasteiger partial charge >= 0.3 is 11.9 Å². The van der Waals surface area contributed by atoms with Gasteiger partial charge in [-0.2, -0.15) is 4.31 Å². The van der Waals surface area contributed by atoms with Crippen molar-refractivity contribution in [1.82, 2.24) is 4.31 Å². The van der Waals surface area contributed by atoms with Crippen LogP contribution in [0.3, 0.4) is 0 Å². The minimum absolute atomic E-state index is 0.0178. The van der Waals surface area contributed by atoms with Crippen LogP contribution in [-0.4, -0.2) is 63.3 Å². The molecule has 0 aliphatic heterocycles. The zero-order chi connectivity index (χ0) is 38.1. The van der Waals surface area contributed by atoms with E-state index in [0.29, 0.717) is 41.4 Å². The molecule has 0 heterocycles. The number of methoxy groups -OCH3 is 2. The lowest BCUT2D eigenvalue weighted by Gasteiger charge is -2.34. The predicted octanol–water partition coefficient (Wildman–Crippen LogP) is 7.27. The van der Waals surface area contributed by atoms with Crippen LogP contribution in [0.15, 0.2) is 100 Å². The van der Waals surface area contributed by atoms with E-state index in [-0.39, 0.29) is 52.2 Å². The molecule has 4 aromatic carbocycles. The molecule has 0 spiro atoms. The van der Waals surface area contributed by atoms with Gasteiger partial charge in [0, 0.05) is 28.3 Å². The van der Waals surface area contributed by atoms with Crippen LogP contribution in [0.5, 0.6) is 0 Å². The Kier molecular flexibility index (Phi) is 13.2. The molecule has 5 rings (SSSR count). The molecule has 53 heavy (non-hydrogen) atoms. The first kappa shape index (κ1) is 39.4. The highest BCUT2D eigenvalue weighted by molar-refractivity contribution is 9.10. The van der Waals surface area contributed by atoms with E-state index >= 15 is 0 Å². The summed E-state index contributed by atoms with van der Waals surface area (Å²) >= 11 is 3.41. The van der Waals surface area contributed by atoms with Gasteiger partial charge in [-0.3, -0.25) is 14.4 Å². The maximum atomic E-state index is 13.8. The molecule has 2 amide bonds. The quantitative estimate of drug-likeness (QED) is 0.134. The third-order valence-corrected chi connectivity index (χ3v) is 11.9. The molecule has 0 bridgehead atoms. The van der Waals surface area contributed by atoms with Crippen LogP contribution in [0.2, 0.25) is 0 Å². The first-order valence-electron chi connectivity index (χ1n) is 17.3.